The number of piperidine rings is 1. The lowest BCUT2D eigenvalue weighted by Crippen LogP contribution is -2.53. The van der Waals surface area contributed by atoms with E-state index in [2.05, 4.69) is 32.1 Å². The van der Waals surface area contributed by atoms with Crippen LogP contribution in [0.5, 0.6) is 0 Å². The summed E-state index contributed by atoms with van der Waals surface area (Å²) < 4.78 is 5.51. The Kier molecular flexibility index (Phi) is 9.94. The third-order valence-electron chi connectivity index (χ3n) is 6.10. The van der Waals surface area contributed by atoms with Gasteiger partial charge in [-0.15, -0.1) is 24.0 Å². The van der Waals surface area contributed by atoms with Crippen LogP contribution in [0.15, 0.2) is 4.99 Å². The van der Waals surface area contributed by atoms with Gasteiger partial charge in [0.1, 0.15) is 0 Å². The molecule has 1 N–H and O–H groups in total. The first-order chi connectivity index (χ1) is 12.2. The van der Waals surface area contributed by atoms with Crippen LogP contribution in [0.3, 0.4) is 0 Å². The molecule has 0 saturated carbocycles. The number of aliphatic imine (C=N–C) groups is 1. The molecular formula is C19H38IN5O. The molecule has 0 spiro atoms. The molecule has 3 aliphatic heterocycles. The maximum atomic E-state index is 5.51. The maximum absolute atomic E-state index is 5.51. The SMILES string of the molecule is CN=C(NCCC1CCN(C)CC1)N1CCN(CC2CCOC2)CC1.I. The minimum atomic E-state index is 0. The van der Waals surface area contributed by atoms with Gasteiger partial charge in [-0.3, -0.25) is 9.89 Å². The Labute approximate surface area is 176 Å². The number of nitrogens with zero attached hydrogens (tertiary/aromatic N) is 4. The zero-order valence-corrected chi connectivity index (χ0v) is 19.0. The van der Waals surface area contributed by atoms with Crippen molar-refractivity contribution in [3.63, 3.8) is 0 Å². The molecule has 7 heteroatoms. The number of nitrogens with one attached hydrogen (secondary N) is 1. The molecule has 6 nitrogen and oxygen atoms in total. The van der Waals surface area contributed by atoms with Gasteiger partial charge in [-0.25, -0.2) is 0 Å². The molecule has 26 heavy (non-hydrogen) atoms. The van der Waals surface area contributed by atoms with Crippen LogP contribution in [0.4, 0.5) is 0 Å². The van der Waals surface area contributed by atoms with E-state index in [1.165, 1.54) is 45.3 Å². The van der Waals surface area contributed by atoms with Crippen molar-refractivity contribution in [2.24, 2.45) is 16.8 Å². The molecule has 0 aromatic rings. The smallest absolute Gasteiger partial charge is 0.193 e. The Morgan fingerprint density at radius 1 is 1.04 bits per heavy atom. The molecule has 0 bridgehead atoms. The summed E-state index contributed by atoms with van der Waals surface area (Å²) in [4.78, 5) is 12.0. The summed E-state index contributed by atoms with van der Waals surface area (Å²) in [7, 11) is 4.15. The van der Waals surface area contributed by atoms with E-state index in [1.54, 1.807) is 0 Å². The normalized spacial score (nSPS) is 26.8. The summed E-state index contributed by atoms with van der Waals surface area (Å²) in [6.07, 6.45) is 5.20. The Hall–Kier alpha value is -0.120. The Morgan fingerprint density at radius 2 is 1.77 bits per heavy atom. The van der Waals surface area contributed by atoms with E-state index in [-0.39, 0.29) is 24.0 Å². The predicted octanol–water partition coefficient (Wildman–Crippen LogP) is 1.57. The number of rotatable bonds is 5. The van der Waals surface area contributed by atoms with Crippen LogP contribution in [0.2, 0.25) is 0 Å². The lowest BCUT2D eigenvalue weighted by Gasteiger charge is -2.37. The van der Waals surface area contributed by atoms with E-state index in [4.69, 9.17) is 4.74 Å². The van der Waals surface area contributed by atoms with Crippen LogP contribution < -0.4 is 5.32 Å². The number of hydrogen-bond acceptors (Lipinski definition) is 4. The third-order valence-corrected chi connectivity index (χ3v) is 6.10. The molecule has 0 amide bonds. The molecule has 3 rings (SSSR count). The van der Waals surface area contributed by atoms with Crippen molar-refractivity contribution in [3.8, 4) is 0 Å². The van der Waals surface area contributed by atoms with E-state index in [0.717, 1.165) is 63.7 Å². The first-order valence-electron chi connectivity index (χ1n) is 10.2. The fraction of sp³-hybridized carbons (Fsp3) is 0.947. The molecule has 3 saturated heterocycles. The highest BCUT2D eigenvalue weighted by Crippen LogP contribution is 2.19. The zero-order chi connectivity index (χ0) is 17.5. The maximum Gasteiger partial charge on any atom is 0.193 e. The first-order valence-corrected chi connectivity index (χ1v) is 10.2. The summed E-state index contributed by atoms with van der Waals surface area (Å²) in [5.41, 5.74) is 0. The average molecular weight is 479 g/mol. The summed E-state index contributed by atoms with van der Waals surface area (Å²) >= 11 is 0. The van der Waals surface area contributed by atoms with Crippen molar-refractivity contribution in [3.05, 3.63) is 0 Å². The van der Waals surface area contributed by atoms with Crippen molar-refractivity contribution in [2.45, 2.75) is 25.7 Å². The van der Waals surface area contributed by atoms with E-state index in [1.807, 2.05) is 7.05 Å². The standard InChI is InChI=1S/C19H37N5O.HI/c1-20-19(21-7-3-17-4-8-22(2)9-5-17)24-12-10-23(11-13-24)15-18-6-14-25-16-18;/h17-18H,3-16H2,1-2H3,(H,20,21);1H. The van der Waals surface area contributed by atoms with Gasteiger partial charge in [0.25, 0.3) is 0 Å². The molecule has 3 aliphatic rings. The number of guanidine groups is 1. The summed E-state index contributed by atoms with van der Waals surface area (Å²) in [6.45, 7) is 11.2. The van der Waals surface area contributed by atoms with Gasteiger partial charge in [0.2, 0.25) is 0 Å². The highest BCUT2D eigenvalue weighted by molar-refractivity contribution is 14.0. The lowest BCUT2D eigenvalue weighted by molar-refractivity contribution is 0.139. The van der Waals surface area contributed by atoms with Gasteiger partial charge in [-0.05, 0) is 57.7 Å². The molecular weight excluding hydrogens is 441 g/mol. The monoisotopic (exact) mass is 479 g/mol. The van der Waals surface area contributed by atoms with Crippen LogP contribution >= 0.6 is 24.0 Å². The minimum Gasteiger partial charge on any atom is -0.381 e. The second kappa shape index (κ2) is 11.7. The topological polar surface area (TPSA) is 43.3 Å². The minimum absolute atomic E-state index is 0. The quantitative estimate of drug-likeness (QED) is 0.369. The Morgan fingerprint density at radius 3 is 2.38 bits per heavy atom. The van der Waals surface area contributed by atoms with E-state index >= 15 is 0 Å². The van der Waals surface area contributed by atoms with Crippen LogP contribution in [0, 0.1) is 11.8 Å². The molecule has 0 aromatic heterocycles. The molecule has 3 fully saturated rings. The molecule has 3 heterocycles. The second-order valence-electron chi connectivity index (χ2n) is 8.03. The van der Waals surface area contributed by atoms with Crippen LogP contribution in [-0.4, -0.2) is 100 Å². The molecule has 0 aromatic carbocycles. The summed E-state index contributed by atoms with van der Waals surface area (Å²) in [5, 5.41) is 3.61. The van der Waals surface area contributed by atoms with Gasteiger partial charge in [0.15, 0.2) is 5.96 Å². The van der Waals surface area contributed by atoms with Crippen LogP contribution in [-0.2, 0) is 4.74 Å². The van der Waals surface area contributed by atoms with Crippen LogP contribution in [0.1, 0.15) is 25.7 Å². The van der Waals surface area contributed by atoms with Crippen molar-refractivity contribution in [1.82, 2.24) is 20.0 Å². The van der Waals surface area contributed by atoms with E-state index in [0.29, 0.717) is 0 Å². The number of likely N-dealkylation sites (tertiary alicyclic amines) is 1. The fourth-order valence-electron chi connectivity index (χ4n) is 4.31. The van der Waals surface area contributed by atoms with Gasteiger partial charge in [0, 0.05) is 52.9 Å². The number of piperazine rings is 1. The molecule has 152 valence electrons. The van der Waals surface area contributed by atoms with Crippen molar-refractivity contribution in [2.75, 3.05) is 79.7 Å². The number of hydrogen-bond donors (Lipinski definition) is 1. The molecule has 0 aliphatic carbocycles. The average Bonchev–Trinajstić information content (AvgIpc) is 3.14. The largest absolute Gasteiger partial charge is 0.381 e. The van der Waals surface area contributed by atoms with Gasteiger partial charge in [-0.2, -0.15) is 0 Å². The molecule has 1 atom stereocenters. The van der Waals surface area contributed by atoms with Crippen molar-refractivity contribution < 1.29 is 4.74 Å². The van der Waals surface area contributed by atoms with Crippen LogP contribution in [0.25, 0.3) is 0 Å². The predicted molar refractivity (Wildman–Crippen MR) is 119 cm³/mol. The van der Waals surface area contributed by atoms with Gasteiger partial charge in [0.05, 0.1) is 6.61 Å². The highest BCUT2D eigenvalue weighted by atomic mass is 127. The molecule has 1 unspecified atom stereocenters. The first kappa shape index (κ1) is 22.2. The van der Waals surface area contributed by atoms with Crippen molar-refractivity contribution >= 4 is 29.9 Å². The lowest BCUT2D eigenvalue weighted by atomic mass is 9.94. The summed E-state index contributed by atoms with van der Waals surface area (Å²) in [5.74, 6) is 2.72. The highest BCUT2D eigenvalue weighted by Gasteiger charge is 2.24. The van der Waals surface area contributed by atoms with Gasteiger partial charge < -0.3 is 19.9 Å². The number of ether oxygens (including phenoxy) is 1. The summed E-state index contributed by atoms with van der Waals surface area (Å²) in [6, 6.07) is 0. The fourth-order valence-corrected chi connectivity index (χ4v) is 4.31. The van der Waals surface area contributed by atoms with E-state index in [9.17, 15) is 0 Å². The van der Waals surface area contributed by atoms with Gasteiger partial charge >= 0.3 is 0 Å². The third kappa shape index (κ3) is 6.80. The van der Waals surface area contributed by atoms with E-state index < -0.39 is 0 Å². The molecule has 0 radical (unpaired) electrons. The number of halogens is 1. The zero-order valence-electron chi connectivity index (χ0n) is 16.7. The Bertz CT molecular complexity index is 414. The second-order valence-corrected chi connectivity index (χ2v) is 8.03. The Balaban J connectivity index is 0.00000243. The van der Waals surface area contributed by atoms with Gasteiger partial charge in [-0.1, -0.05) is 0 Å². The van der Waals surface area contributed by atoms with Crippen molar-refractivity contribution in [1.29, 1.82) is 0 Å².